The van der Waals surface area contributed by atoms with E-state index in [-0.39, 0.29) is 6.61 Å². The van der Waals surface area contributed by atoms with Crippen LogP contribution in [0.5, 0.6) is 0 Å². The molecule has 0 saturated carbocycles. The van der Waals surface area contributed by atoms with E-state index >= 15 is 0 Å². The van der Waals surface area contributed by atoms with E-state index in [0.29, 0.717) is 0 Å². The van der Waals surface area contributed by atoms with Crippen LogP contribution in [0.2, 0.25) is 0 Å². The van der Waals surface area contributed by atoms with Crippen molar-refractivity contribution in [2.75, 3.05) is 6.61 Å². The van der Waals surface area contributed by atoms with Crippen molar-refractivity contribution in [2.45, 2.75) is 20.8 Å². The van der Waals surface area contributed by atoms with Crippen molar-refractivity contribution in [2.24, 2.45) is 5.41 Å². The lowest BCUT2D eigenvalue weighted by Gasteiger charge is -2.19. The summed E-state index contributed by atoms with van der Waals surface area (Å²) in [5.41, 5.74) is -1.66. The van der Waals surface area contributed by atoms with Crippen molar-refractivity contribution in [3.63, 3.8) is 0 Å². The number of halogens is 3. The molecule has 0 aromatic heterocycles. The lowest BCUT2D eigenvalue weighted by Crippen LogP contribution is -2.27. The van der Waals surface area contributed by atoms with Gasteiger partial charge in [0.1, 0.15) is 5.41 Å². The number of rotatable bonds is 3. The van der Waals surface area contributed by atoms with Gasteiger partial charge < -0.3 is 4.74 Å². The van der Waals surface area contributed by atoms with Gasteiger partial charge in [-0.05, 0) is 32.4 Å². The van der Waals surface area contributed by atoms with Crippen LogP contribution in [0.25, 0.3) is 0 Å². The van der Waals surface area contributed by atoms with Gasteiger partial charge >= 0.3 is 5.97 Å². The summed E-state index contributed by atoms with van der Waals surface area (Å²) >= 11 is 4.79. The molecular weight excluding hydrogens is 202 g/mol. The van der Waals surface area contributed by atoms with E-state index in [1.54, 1.807) is 6.92 Å². The van der Waals surface area contributed by atoms with Gasteiger partial charge in [-0.3, -0.25) is 4.79 Å². The minimum Gasteiger partial charge on any atom is -0.465 e. The van der Waals surface area contributed by atoms with Crippen LogP contribution in [-0.2, 0) is 9.53 Å². The van der Waals surface area contributed by atoms with Gasteiger partial charge in [-0.15, -0.1) is 0 Å². The number of carbonyl (C=O) groups excluding carboxylic acids is 1. The average molecular weight is 213 g/mol. The molecule has 0 bridgehead atoms. The first-order chi connectivity index (χ1) is 5.84. The highest BCUT2D eigenvalue weighted by molar-refractivity contribution is 6.28. The fraction of sp³-hybridized carbons (Fsp3) is 0.625. The Bertz CT molecular complexity index is 232. The minimum absolute atomic E-state index is 0.111. The van der Waals surface area contributed by atoms with Gasteiger partial charge in [0.15, 0.2) is 5.83 Å². The Hall–Kier alpha value is -0.640. The highest BCUT2D eigenvalue weighted by atomic mass is 35.5. The molecule has 0 rings (SSSR count). The monoisotopic (exact) mass is 212 g/mol. The molecule has 0 N–H and O–H groups in total. The fourth-order valence-corrected chi connectivity index (χ4v) is 0.874. The highest BCUT2D eigenvalue weighted by Gasteiger charge is 2.36. The van der Waals surface area contributed by atoms with Crippen LogP contribution in [0.15, 0.2) is 11.1 Å². The molecule has 5 heteroatoms. The van der Waals surface area contributed by atoms with E-state index in [2.05, 4.69) is 4.74 Å². The largest absolute Gasteiger partial charge is 0.465 e. The van der Waals surface area contributed by atoms with Crippen molar-refractivity contribution in [1.82, 2.24) is 0 Å². The second-order valence-corrected chi connectivity index (χ2v) is 3.25. The second-order valence-electron chi connectivity index (χ2n) is 2.92. The lowest BCUT2D eigenvalue weighted by molar-refractivity contribution is -0.152. The SMILES string of the molecule is CCOC(=O)C(C)(C)/C(F)=C(\F)Cl. The molecule has 0 amide bonds. The van der Waals surface area contributed by atoms with Crippen molar-refractivity contribution in [3.05, 3.63) is 11.1 Å². The Labute approximate surface area is 80.5 Å². The summed E-state index contributed by atoms with van der Waals surface area (Å²) in [6.45, 7) is 4.08. The molecule has 0 saturated heterocycles. The minimum atomic E-state index is -1.66. The van der Waals surface area contributed by atoms with Crippen molar-refractivity contribution in [1.29, 1.82) is 0 Å². The predicted molar refractivity (Wildman–Crippen MR) is 45.5 cm³/mol. The van der Waals surface area contributed by atoms with Gasteiger partial charge in [0, 0.05) is 0 Å². The zero-order valence-corrected chi connectivity index (χ0v) is 8.41. The summed E-state index contributed by atoms with van der Waals surface area (Å²) in [6, 6.07) is 0. The second kappa shape index (κ2) is 4.56. The zero-order valence-electron chi connectivity index (χ0n) is 7.66. The molecule has 13 heavy (non-hydrogen) atoms. The molecular formula is C8H11ClF2O2. The van der Waals surface area contributed by atoms with Crippen molar-refractivity contribution in [3.8, 4) is 0 Å². The van der Waals surface area contributed by atoms with Crippen LogP contribution in [-0.4, -0.2) is 12.6 Å². The summed E-state index contributed by atoms with van der Waals surface area (Å²) < 4.78 is 29.7. The molecule has 0 aromatic rings. The molecule has 0 aliphatic rings. The summed E-state index contributed by atoms with van der Waals surface area (Å²) in [7, 11) is 0. The number of hydrogen-bond acceptors (Lipinski definition) is 2. The third-order valence-electron chi connectivity index (χ3n) is 1.50. The third-order valence-corrected chi connectivity index (χ3v) is 1.67. The van der Waals surface area contributed by atoms with E-state index < -0.39 is 22.5 Å². The van der Waals surface area contributed by atoms with E-state index in [9.17, 15) is 13.6 Å². The Morgan fingerprint density at radius 1 is 1.46 bits per heavy atom. The van der Waals surface area contributed by atoms with Crippen LogP contribution in [0.3, 0.4) is 0 Å². The number of ether oxygens (including phenoxy) is 1. The summed E-state index contributed by atoms with van der Waals surface area (Å²) in [6.07, 6.45) is 0. The van der Waals surface area contributed by atoms with E-state index in [0.717, 1.165) is 0 Å². The maximum atomic E-state index is 12.9. The lowest BCUT2D eigenvalue weighted by atomic mass is 9.92. The van der Waals surface area contributed by atoms with Gasteiger partial charge in [-0.2, -0.15) is 4.39 Å². The van der Waals surface area contributed by atoms with Crippen LogP contribution in [0.4, 0.5) is 8.78 Å². The standard InChI is InChI=1S/C8H11ClF2O2/c1-4-13-7(12)8(2,3)5(10)6(9)11/h4H2,1-3H3/b6-5+. The fourth-order valence-electron chi connectivity index (χ4n) is 0.637. The van der Waals surface area contributed by atoms with E-state index in [4.69, 9.17) is 11.6 Å². The molecule has 0 aliphatic carbocycles. The van der Waals surface area contributed by atoms with Gasteiger partial charge in [-0.1, -0.05) is 0 Å². The Morgan fingerprint density at radius 2 is 1.92 bits per heavy atom. The maximum Gasteiger partial charge on any atom is 0.318 e. The van der Waals surface area contributed by atoms with Gasteiger partial charge in [-0.25, -0.2) is 4.39 Å². The van der Waals surface area contributed by atoms with Crippen LogP contribution >= 0.6 is 11.6 Å². The molecule has 2 nitrogen and oxygen atoms in total. The Balaban J connectivity index is 4.76. The molecule has 0 radical (unpaired) electrons. The highest BCUT2D eigenvalue weighted by Crippen LogP contribution is 2.33. The average Bonchev–Trinajstić information content (AvgIpc) is 2.03. The molecule has 0 spiro atoms. The first kappa shape index (κ1) is 12.4. The maximum absolute atomic E-state index is 12.9. The van der Waals surface area contributed by atoms with Crippen molar-refractivity contribution >= 4 is 17.6 Å². The summed E-state index contributed by atoms with van der Waals surface area (Å²) in [4.78, 5) is 11.1. The molecule has 0 atom stereocenters. The number of esters is 1. The number of carbonyl (C=O) groups is 1. The molecule has 0 heterocycles. The first-order valence-corrected chi connectivity index (χ1v) is 4.10. The molecule has 76 valence electrons. The van der Waals surface area contributed by atoms with Crippen LogP contribution in [0.1, 0.15) is 20.8 Å². The molecule has 0 aliphatic heterocycles. The first-order valence-electron chi connectivity index (χ1n) is 3.72. The Kier molecular flexibility index (Phi) is 4.33. The van der Waals surface area contributed by atoms with E-state index in [1.807, 2.05) is 0 Å². The zero-order chi connectivity index (χ0) is 10.6. The number of hydrogen-bond donors (Lipinski definition) is 0. The predicted octanol–water partition coefficient (Wildman–Crippen LogP) is 2.92. The molecule has 0 unspecified atom stereocenters. The van der Waals surface area contributed by atoms with Gasteiger partial charge in [0.05, 0.1) is 6.61 Å². The topological polar surface area (TPSA) is 26.3 Å². The summed E-state index contributed by atoms with van der Waals surface area (Å²) in [5.74, 6) is -2.16. The molecule has 0 fully saturated rings. The van der Waals surface area contributed by atoms with Gasteiger partial charge in [0.2, 0.25) is 5.29 Å². The smallest absolute Gasteiger partial charge is 0.318 e. The van der Waals surface area contributed by atoms with E-state index in [1.165, 1.54) is 13.8 Å². The van der Waals surface area contributed by atoms with Gasteiger partial charge in [0.25, 0.3) is 0 Å². The van der Waals surface area contributed by atoms with Crippen LogP contribution in [0, 0.1) is 5.41 Å². The van der Waals surface area contributed by atoms with Crippen LogP contribution < -0.4 is 0 Å². The normalized spacial score (nSPS) is 13.7. The summed E-state index contributed by atoms with van der Waals surface area (Å²) in [5, 5.41) is -1.52. The third kappa shape index (κ3) is 2.95. The molecule has 0 aromatic carbocycles. The Morgan fingerprint density at radius 3 is 2.23 bits per heavy atom. The van der Waals surface area contributed by atoms with Crippen molar-refractivity contribution < 1.29 is 18.3 Å². The quantitative estimate of drug-likeness (QED) is 0.673.